The molecule has 0 aliphatic carbocycles. The first kappa shape index (κ1) is 10.7. The Balaban J connectivity index is 0.000000218. The molecule has 4 nitrogen and oxygen atoms in total. The summed E-state index contributed by atoms with van der Waals surface area (Å²) in [5.41, 5.74) is 0. The zero-order chi connectivity index (χ0) is 8.53. The van der Waals surface area contributed by atoms with Gasteiger partial charge < -0.3 is 10.1 Å². The van der Waals surface area contributed by atoms with E-state index in [9.17, 15) is 0 Å². The fourth-order valence-corrected chi connectivity index (χ4v) is 0.697. The molecule has 1 atom stereocenters. The lowest BCUT2D eigenvalue weighted by Gasteiger charge is -2.19. The largest absolute Gasteiger partial charge is 0.379 e. The predicted molar refractivity (Wildman–Crippen MR) is 43.3 cm³/mol. The summed E-state index contributed by atoms with van der Waals surface area (Å²) in [4.78, 5) is 10.7. The van der Waals surface area contributed by atoms with Crippen molar-refractivity contribution in [2.45, 2.75) is 13.0 Å². The Labute approximate surface area is 71.4 Å². The molecule has 1 aliphatic rings. The monoisotopic (exact) mass is 180 g/mol. The van der Waals surface area contributed by atoms with E-state index in [-0.39, 0.29) is 0 Å². The highest BCUT2D eigenvalue weighted by molar-refractivity contribution is 6.18. The number of morpholine rings is 1. The van der Waals surface area contributed by atoms with E-state index in [2.05, 4.69) is 24.0 Å². The van der Waals surface area contributed by atoms with E-state index in [1.54, 1.807) is 4.84 Å². The SMILES string of the molecule is C[C@H]1COCCN1.O=CNCl. The van der Waals surface area contributed by atoms with Gasteiger partial charge in [0, 0.05) is 24.4 Å². The van der Waals surface area contributed by atoms with Gasteiger partial charge in [0.1, 0.15) is 0 Å². The summed E-state index contributed by atoms with van der Waals surface area (Å²) in [5, 5.41) is 3.26. The number of halogens is 1. The molecule has 1 heterocycles. The molecule has 0 unspecified atom stereocenters. The summed E-state index contributed by atoms with van der Waals surface area (Å²) >= 11 is 4.57. The third-order valence-electron chi connectivity index (χ3n) is 1.15. The van der Waals surface area contributed by atoms with E-state index in [0.717, 1.165) is 19.8 Å². The van der Waals surface area contributed by atoms with Crippen LogP contribution in [-0.4, -0.2) is 32.2 Å². The highest BCUT2D eigenvalue weighted by Gasteiger charge is 2.04. The van der Waals surface area contributed by atoms with Crippen molar-refractivity contribution in [3.63, 3.8) is 0 Å². The van der Waals surface area contributed by atoms with Gasteiger partial charge in [0.2, 0.25) is 6.41 Å². The number of nitrogens with one attached hydrogen (secondary N) is 2. The third kappa shape index (κ3) is 7.58. The van der Waals surface area contributed by atoms with Crippen LogP contribution in [0.4, 0.5) is 0 Å². The highest BCUT2D eigenvalue weighted by atomic mass is 35.5. The smallest absolute Gasteiger partial charge is 0.221 e. The second-order valence-corrected chi connectivity index (χ2v) is 2.38. The maximum absolute atomic E-state index is 8.93. The first-order chi connectivity index (χ1) is 5.31. The van der Waals surface area contributed by atoms with Crippen molar-refractivity contribution in [2.75, 3.05) is 19.8 Å². The van der Waals surface area contributed by atoms with Crippen molar-refractivity contribution in [3.8, 4) is 0 Å². The van der Waals surface area contributed by atoms with Gasteiger partial charge in [-0.15, -0.1) is 0 Å². The molecule has 1 saturated heterocycles. The van der Waals surface area contributed by atoms with Crippen LogP contribution in [-0.2, 0) is 9.53 Å². The molecule has 0 spiro atoms. The lowest BCUT2D eigenvalue weighted by atomic mass is 10.3. The number of rotatable bonds is 1. The summed E-state index contributed by atoms with van der Waals surface area (Å²) in [6.07, 6.45) is 0.390. The van der Waals surface area contributed by atoms with Gasteiger partial charge in [-0.05, 0) is 6.92 Å². The number of carbonyl (C=O) groups is 1. The van der Waals surface area contributed by atoms with E-state index in [0.29, 0.717) is 12.5 Å². The molecule has 0 aromatic heterocycles. The molecule has 11 heavy (non-hydrogen) atoms. The average Bonchev–Trinajstić information content (AvgIpc) is 2.07. The average molecular weight is 181 g/mol. The minimum Gasteiger partial charge on any atom is -0.379 e. The van der Waals surface area contributed by atoms with Crippen molar-refractivity contribution in [1.29, 1.82) is 0 Å². The van der Waals surface area contributed by atoms with E-state index in [1.807, 2.05) is 0 Å². The van der Waals surface area contributed by atoms with Crippen LogP contribution in [0.3, 0.4) is 0 Å². The Kier molecular flexibility index (Phi) is 7.56. The molecule has 0 saturated carbocycles. The molecule has 0 bridgehead atoms. The van der Waals surface area contributed by atoms with E-state index in [4.69, 9.17) is 9.53 Å². The Morgan fingerprint density at radius 2 is 2.45 bits per heavy atom. The molecule has 0 aromatic carbocycles. The van der Waals surface area contributed by atoms with Gasteiger partial charge in [0.05, 0.1) is 13.2 Å². The number of carbonyl (C=O) groups excluding carboxylic acids is 1. The molecule has 5 heteroatoms. The Morgan fingerprint density at radius 3 is 2.64 bits per heavy atom. The molecule has 1 amide bonds. The van der Waals surface area contributed by atoms with Crippen LogP contribution < -0.4 is 10.2 Å². The second-order valence-electron chi connectivity index (χ2n) is 2.16. The topological polar surface area (TPSA) is 50.4 Å². The second kappa shape index (κ2) is 7.78. The molecule has 0 radical (unpaired) electrons. The lowest BCUT2D eigenvalue weighted by Crippen LogP contribution is -2.38. The van der Waals surface area contributed by atoms with Crippen molar-refractivity contribution < 1.29 is 9.53 Å². The first-order valence-corrected chi connectivity index (χ1v) is 3.80. The molecule has 1 aliphatic heterocycles. The van der Waals surface area contributed by atoms with E-state index >= 15 is 0 Å². The minimum absolute atomic E-state index is 0.390. The van der Waals surface area contributed by atoms with Gasteiger partial charge >= 0.3 is 0 Å². The molecule has 2 N–H and O–H groups in total. The summed E-state index contributed by atoms with van der Waals surface area (Å²) < 4.78 is 5.12. The van der Waals surface area contributed by atoms with Crippen LogP contribution in [0.5, 0.6) is 0 Å². The number of hydrogen-bond donors (Lipinski definition) is 2. The van der Waals surface area contributed by atoms with Gasteiger partial charge in [-0.1, -0.05) is 0 Å². The van der Waals surface area contributed by atoms with Gasteiger partial charge in [-0.3, -0.25) is 9.63 Å². The predicted octanol–water partition coefficient (Wildman–Crippen LogP) is -0.119. The quantitative estimate of drug-likeness (QED) is 0.437. The van der Waals surface area contributed by atoms with Crippen LogP contribution >= 0.6 is 11.8 Å². The summed E-state index contributed by atoms with van der Waals surface area (Å²) in [7, 11) is 0. The minimum atomic E-state index is 0.390. The Bertz CT molecular complexity index is 96.6. The van der Waals surface area contributed by atoms with Gasteiger partial charge in [0.15, 0.2) is 0 Å². The van der Waals surface area contributed by atoms with Crippen LogP contribution in [0.15, 0.2) is 0 Å². The molecular formula is C6H13ClN2O2. The van der Waals surface area contributed by atoms with Crippen LogP contribution in [0.2, 0.25) is 0 Å². The zero-order valence-electron chi connectivity index (χ0n) is 6.47. The molecule has 66 valence electrons. The van der Waals surface area contributed by atoms with Crippen LogP contribution in [0, 0.1) is 0 Å². The van der Waals surface area contributed by atoms with Crippen molar-refractivity contribution in [2.24, 2.45) is 0 Å². The van der Waals surface area contributed by atoms with Crippen molar-refractivity contribution in [3.05, 3.63) is 0 Å². The number of hydrogen-bond acceptors (Lipinski definition) is 3. The maximum Gasteiger partial charge on any atom is 0.221 e. The van der Waals surface area contributed by atoms with Crippen LogP contribution in [0.1, 0.15) is 6.92 Å². The fraction of sp³-hybridized carbons (Fsp3) is 0.833. The lowest BCUT2D eigenvalue weighted by molar-refractivity contribution is -0.108. The first-order valence-electron chi connectivity index (χ1n) is 3.42. The standard InChI is InChI=1S/C5H11NO.CH2ClNO/c1-5-4-7-3-2-6-5;2-3-1-4/h5-6H,2-4H2,1H3;1H,(H,3,4)/t5-;/m0./s1. The van der Waals surface area contributed by atoms with E-state index in [1.165, 1.54) is 0 Å². The van der Waals surface area contributed by atoms with Gasteiger partial charge in [-0.2, -0.15) is 0 Å². The third-order valence-corrected chi connectivity index (χ3v) is 1.24. The summed E-state index contributed by atoms with van der Waals surface area (Å²) in [6.45, 7) is 4.89. The van der Waals surface area contributed by atoms with Crippen molar-refractivity contribution >= 4 is 18.2 Å². The normalized spacial score (nSPS) is 22.9. The maximum atomic E-state index is 8.93. The van der Waals surface area contributed by atoms with E-state index < -0.39 is 0 Å². The Hall–Kier alpha value is -0.320. The summed E-state index contributed by atoms with van der Waals surface area (Å²) in [6, 6.07) is 0.564. The van der Waals surface area contributed by atoms with Crippen LogP contribution in [0.25, 0.3) is 0 Å². The molecular weight excluding hydrogens is 168 g/mol. The number of amides is 1. The van der Waals surface area contributed by atoms with Crippen molar-refractivity contribution in [1.82, 2.24) is 10.2 Å². The molecule has 1 fully saturated rings. The van der Waals surface area contributed by atoms with Gasteiger partial charge in [-0.25, -0.2) is 0 Å². The Morgan fingerprint density at radius 1 is 1.82 bits per heavy atom. The number of ether oxygens (including phenoxy) is 1. The fourth-order valence-electron chi connectivity index (χ4n) is 0.697. The molecule has 1 rings (SSSR count). The molecule has 0 aromatic rings. The zero-order valence-corrected chi connectivity index (χ0v) is 7.23. The highest BCUT2D eigenvalue weighted by Crippen LogP contribution is 1.88. The van der Waals surface area contributed by atoms with Gasteiger partial charge in [0.25, 0.3) is 0 Å². The summed E-state index contributed by atoms with van der Waals surface area (Å²) in [5.74, 6) is 0.